The molecular formula is C18H11Cl2FN5S+. The van der Waals surface area contributed by atoms with Gasteiger partial charge in [0.1, 0.15) is 10.9 Å². The Morgan fingerprint density at radius 2 is 2.11 bits per heavy atom. The quantitative estimate of drug-likeness (QED) is 0.386. The lowest BCUT2D eigenvalue weighted by molar-refractivity contribution is -0.106. The lowest BCUT2D eigenvalue weighted by Crippen LogP contribution is -2.30. The molecule has 0 saturated heterocycles. The van der Waals surface area contributed by atoms with Gasteiger partial charge in [0, 0.05) is 33.4 Å². The van der Waals surface area contributed by atoms with E-state index >= 15 is 0 Å². The van der Waals surface area contributed by atoms with Crippen LogP contribution in [0.5, 0.6) is 0 Å². The molecule has 2 aromatic heterocycles. The first-order chi connectivity index (χ1) is 13.0. The fourth-order valence-electron chi connectivity index (χ4n) is 2.55. The van der Waals surface area contributed by atoms with Crippen LogP contribution in [-0.4, -0.2) is 17.2 Å². The molecule has 134 valence electrons. The van der Waals surface area contributed by atoms with Crippen molar-refractivity contribution in [1.29, 1.82) is 5.26 Å². The molecule has 9 heteroatoms. The van der Waals surface area contributed by atoms with Crippen LogP contribution in [0.25, 0.3) is 21.6 Å². The zero-order valence-electron chi connectivity index (χ0n) is 13.6. The van der Waals surface area contributed by atoms with E-state index in [4.69, 9.17) is 34.3 Å². The zero-order chi connectivity index (χ0) is 19.6. The van der Waals surface area contributed by atoms with Gasteiger partial charge in [-0.05, 0) is 28.8 Å². The Morgan fingerprint density at radius 1 is 1.33 bits per heavy atom. The average molecular weight is 419 g/mol. The van der Waals surface area contributed by atoms with Gasteiger partial charge in [-0.25, -0.2) is 4.98 Å². The van der Waals surface area contributed by atoms with E-state index in [-0.39, 0.29) is 5.84 Å². The van der Waals surface area contributed by atoms with Crippen LogP contribution in [0.2, 0.25) is 10.0 Å². The molecule has 3 aromatic rings. The van der Waals surface area contributed by atoms with Gasteiger partial charge in [-0.2, -0.15) is 9.65 Å². The second-order valence-corrected chi connectivity index (χ2v) is 7.14. The van der Waals surface area contributed by atoms with Crippen molar-refractivity contribution < 1.29 is 9.80 Å². The van der Waals surface area contributed by atoms with Crippen LogP contribution in [0, 0.1) is 17.3 Å². The van der Waals surface area contributed by atoms with Crippen molar-refractivity contribution in [3.8, 4) is 27.6 Å². The molecule has 0 fully saturated rings. The van der Waals surface area contributed by atoms with Crippen LogP contribution in [0.3, 0.4) is 0 Å². The number of nitrogens with two attached hydrogens (primary N) is 2. The topological polar surface area (TPSA) is 101 Å². The number of benzene rings is 1. The standard InChI is InChI=1S/C18H10Cl2FN5S/c19-10-1-2-11(13(20)6-10)15-12(7-22)16(9-3-4-25-14(21)5-9)27-17(15)18(24)26-8-23/h1-6,8H,(H3,23,24,26)/p+1. The molecule has 0 unspecified atom stereocenters. The summed E-state index contributed by atoms with van der Waals surface area (Å²) < 4.78 is 13.6. The third-order valence-electron chi connectivity index (χ3n) is 3.66. The van der Waals surface area contributed by atoms with Crippen molar-refractivity contribution in [2.75, 3.05) is 0 Å². The number of hydrogen-bond acceptors (Lipinski definition) is 3. The van der Waals surface area contributed by atoms with Gasteiger partial charge in [0.05, 0.1) is 10.4 Å². The number of thiophene rings is 1. The van der Waals surface area contributed by atoms with Gasteiger partial charge in [0.2, 0.25) is 5.95 Å². The summed E-state index contributed by atoms with van der Waals surface area (Å²) in [4.78, 5) is 8.48. The van der Waals surface area contributed by atoms with Gasteiger partial charge in [-0.3, -0.25) is 5.41 Å². The molecule has 1 aromatic carbocycles. The van der Waals surface area contributed by atoms with E-state index in [9.17, 15) is 9.65 Å². The highest BCUT2D eigenvalue weighted by Crippen LogP contribution is 2.44. The Labute approximate surface area is 168 Å². The summed E-state index contributed by atoms with van der Waals surface area (Å²) in [5, 5.41) is 16.0. The first-order valence-corrected chi connectivity index (χ1v) is 9.04. The predicted molar refractivity (Wildman–Crippen MR) is 106 cm³/mol. The fourth-order valence-corrected chi connectivity index (χ4v) is 4.23. The van der Waals surface area contributed by atoms with Crippen LogP contribution < -0.4 is 11.1 Å². The minimum Gasteiger partial charge on any atom is -0.362 e. The van der Waals surface area contributed by atoms with E-state index in [0.717, 1.165) is 6.34 Å². The predicted octanol–water partition coefficient (Wildman–Crippen LogP) is 3.29. The number of halogens is 3. The monoisotopic (exact) mass is 418 g/mol. The molecule has 0 amide bonds. The van der Waals surface area contributed by atoms with Gasteiger partial charge < -0.3 is 5.73 Å². The molecule has 0 spiro atoms. The number of nitrogens with zero attached hydrogens (tertiary/aromatic N) is 3. The molecule has 0 aliphatic rings. The SMILES string of the molecule is N#Cc1c(-c2ccnc(F)c2)sc(C(N)=NC=[NH2+])c1-c1ccc(Cl)cc1Cl. The number of nitriles is 1. The van der Waals surface area contributed by atoms with Crippen molar-refractivity contribution in [2.45, 2.75) is 0 Å². The Hall–Kier alpha value is -2.79. The smallest absolute Gasteiger partial charge is 0.279 e. The molecule has 5 nitrogen and oxygen atoms in total. The van der Waals surface area contributed by atoms with Crippen molar-refractivity contribution in [3.63, 3.8) is 0 Å². The molecule has 0 aliphatic heterocycles. The zero-order valence-corrected chi connectivity index (χ0v) is 15.9. The third kappa shape index (κ3) is 3.69. The van der Waals surface area contributed by atoms with E-state index in [2.05, 4.69) is 16.0 Å². The summed E-state index contributed by atoms with van der Waals surface area (Å²) >= 11 is 13.5. The summed E-state index contributed by atoms with van der Waals surface area (Å²) in [7, 11) is 0. The summed E-state index contributed by atoms with van der Waals surface area (Å²) in [5.74, 6) is -0.546. The van der Waals surface area contributed by atoms with Crippen LogP contribution in [0.1, 0.15) is 10.4 Å². The lowest BCUT2D eigenvalue weighted by atomic mass is 9.98. The van der Waals surface area contributed by atoms with Crippen molar-refractivity contribution in [1.82, 2.24) is 4.98 Å². The van der Waals surface area contributed by atoms with Crippen LogP contribution in [0.4, 0.5) is 4.39 Å². The van der Waals surface area contributed by atoms with E-state index in [1.54, 1.807) is 24.3 Å². The van der Waals surface area contributed by atoms with E-state index in [1.807, 2.05) is 0 Å². The third-order valence-corrected chi connectivity index (χ3v) is 5.46. The molecule has 27 heavy (non-hydrogen) atoms. The van der Waals surface area contributed by atoms with Gasteiger partial charge in [-0.1, -0.05) is 29.3 Å². The molecule has 2 heterocycles. The second kappa shape index (κ2) is 7.84. The molecular weight excluding hydrogens is 408 g/mol. The summed E-state index contributed by atoms with van der Waals surface area (Å²) in [6, 6.07) is 9.92. The minimum atomic E-state index is -0.658. The number of pyridine rings is 1. The van der Waals surface area contributed by atoms with Gasteiger partial charge in [-0.15, -0.1) is 11.3 Å². The number of aromatic nitrogens is 1. The molecule has 3 rings (SSSR count). The first-order valence-electron chi connectivity index (χ1n) is 7.47. The number of aliphatic imine (C=N–C) groups is 1. The minimum absolute atomic E-state index is 0.112. The highest BCUT2D eigenvalue weighted by Gasteiger charge is 2.26. The fraction of sp³-hybridized carbons (Fsp3) is 0. The van der Waals surface area contributed by atoms with Crippen LogP contribution in [0.15, 0.2) is 41.5 Å². The Bertz CT molecular complexity index is 1120. The van der Waals surface area contributed by atoms with E-state index < -0.39 is 5.95 Å². The second-order valence-electron chi connectivity index (χ2n) is 5.28. The molecule has 4 N–H and O–H groups in total. The number of hydrogen-bond donors (Lipinski definition) is 2. The Kier molecular flexibility index (Phi) is 5.51. The largest absolute Gasteiger partial charge is 0.362 e. The maximum atomic E-state index is 13.6. The Balaban J connectivity index is 2.38. The highest BCUT2D eigenvalue weighted by atomic mass is 35.5. The first kappa shape index (κ1) is 19.0. The lowest BCUT2D eigenvalue weighted by Gasteiger charge is -2.06. The molecule has 0 bridgehead atoms. The van der Waals surface area contributed by atoms with E-state index in [0.29, 0.717) is 42.1 Å². The number of rotatable bonds is 4. The maximum Gasteiger partial charge on any atom is 0.279 e. The molecule has 0 aliphatic carbocycles. The molecule has 0 saturated carbocycles. The summed E-state index contributed by atoms with van der Waals surface area (Å²) in [5.41, 5.74) is 7.88. The average Bonchev–Trinajstić information content (AvgIpc) is 3.01. The van der Waals surface area contributed by atoms with Crippen LogP contribution in [-0.2, 0) is 0 Å². The molecule has 0 atom stereocenters. The van der Waals surface area contributed by atoms with Crippen LogP contribution >= 0.6 is 34.5 Å². The maximum absolute atomic E-state index is 13.6. The Morgan fingerprint density at radius 3 is 2.74 bits per heavy atom. The number of amidine groups is 1. The van der Waals surface area contributed by atoms with Gasteiger partial charge in [0.15, 0.2) is 0 Å². The summed E-state index contributed by atoms with van der Waals surface area (Å²) in [6.07, 6.45) is 2.38. The summed E-state index contributed by atoms with van der Waals surface area (Å²) in [6.45, 7) is 0. The van der Waals surface area contributed by atoms with Crippen molar-refractivity contribution in [3.05, 3.63) is 63.0 Å². The van der Waals surface area contributed by atoms with Gasteiger partial charge >= 0.3 is 0 Å². The van der Waals surface area contributed by atoms with Crippen molar-refractivity contribution >= 4 is 46.7 Å². The normalized spacial score (nSPS) is 11.3. The van der Waals surface area contributed by atoms with Crippen molar-refractivity contribution in [2.24, 2.45) is 10.7 Å². The molecule has 0 radical (unpaired) electrons. The highest BCUT2D eigenvalue weighted by molar-refractivity contribution is 7.18. The van der Waals surface area contributed by atoms with E-state index in [1.165, 1.54) is 23.6 Å². The van der Waals surface area contributed by atoms with Gasteiger partial charge in [0.25, 0.3) is 12.2 Å².